The third-order valence-corrected chi connectivity index (χ3v) is 6.01. The second-order valence-electron chi connectivity index (χ2n) is 7.67. The van der Waals surface area contributed by atoms with Crippen molar-refractivity contribution in [3.63, 3.8) is 0 Å². The molecule has 32 heavy (non-hydrogen) atoms. The molecule has 1 atom stereocenters. The Morgan fingerprint density at radius 3 is 2.50 bits per heavy atom. The summed E-state index contributed by atoms with van der Waals surface area (Å²) in [5.41, 5.74) is 5.50. The molecule has 5 heteroatoms. The quantitative estimate of drug-likeness (QED) is 0.292. The molecule has 0 aliphatic rings. The number of benzene rings is 3. The standard InChI is InChI=1S/C27H24BrNO3/c1-17(13-27(30)29-18(2)19-7-5-4-6-8-19)22-14-23-24(20-9-11-21(28)12-10-20)16-32-26(23)15-25(22)31-3/h4-16,18H,1-3H3,(H,29,30)/b17-13+. The first-order valence-electron chi connectivity index (χ1n) is 10.4. The number of carbonyl (C=O) groups is 1. The number of methoxy groups -OCH3 is 1. The number of ether oxygens (including phenoxy) is 1. The number of fused-ring (bicyclic) bond motifs is 1. The van der Waals surface area contributed by atoms with Gasteiger partial charge in [0.2, 0.25) is 5.91 Å². The van der Waals surface area contributed by atoms with E-state index in [1.807, 2.05) is 80.6 Å². The maximum Gasteiger partial charge on any atom is 0.244 e. The van der Waals surface area contributed by atoms with E-state index in [2.05, 4.69) is 21.2 Å². The van der Waals surface area contributed by atoms with E-state index in [1.54, 1.807) is 19.4 Å². The zero-order valence-electron chi connectivity index (χ0n) is 18.2. The smallest absolute Gasteiger partial charge is 0.244 e. The fourth-order valence-electron chi connectivity index (χ4n) is 3.74. The Bertz CT molecular complexity index is 1270. The summed E-state index contributed by atoms with van der Waals surface area (Å²) in [6, 6.07) is 21.8. The number of furan rings is 1. The fourth-order valence-corrected chi connectivity index (χ4v) is 4.00. The molecule has 0 aliphatic heterocycles. The van der Waals surface area contributed by atoms with Crippen molar-refractivity contribution < 1.29 is 13.9 Å². The largest absolute Gasteiger partial charge is 0.496 e. The molecule has 0 aliphatic carbocycles. The lowest BCUT2D eigenvalue weighted by atomic mass is 9.99. The zero-order valence-corrected chi connectivity index (χ0v) is 19.8. The minimum absolute atomic E-state index is 0.0880. The van der Waals surface area contributed by atoms with Gasteiger partial charge in [-0.1, -0.05) is 58.4 Å². The van der Waals surface area contributed by atoms with Gasteiger partial charge in [0.1, 0.15) is 11.3 Å². The number of nitrogens with one attached hydrogen (secondary N) is 1. The lowest BCUT2D eigenvalue weighted by Crippen LogP contribution is -2.24. The van der Waals surface area contributed by atoms with Crippen LogP contribution in [0.25, 0.3) is 27.7 Å². The molecule has 1 N–H and O–H groups in total. The Kier molecular flexibility index (Phi) is 6.47. The molecular formula is C27H24BrNO3. The van der Waals surface area contributed by atoms with Crippen molar-refractivity contribution in [3.8, 4) is 16.9 Å². The van der Waals surface area contributed by atoms with Gasteiger partial charge in [-0.15, -0.1) is 0 Å². The lowest BCUT2D eigenvalue weighted by molar-refractivity contribution is -0.117. The Labute approximate surface area is 196 Å². The van der Waals surface area contributed by atoms with Crippen LogP contribution in [-0.2, 0) is 4.79 Å². The van der Waals surface area contributed by atoms with Crippen LogP contribution in [0.1, 0.15) is 31.0 Å². The third-order valence-electron chi connectivity index (χ3n) is 5.48. The van der Waals surface area contributed by atoms with E-state index in [1.165, 1.54) is 0 Å². The van der Waals surface area contributed by atoms with Crippen molar-refractivity contribution in [3.05, 3.63) is 94.7 Å². The van der Waals surface area contributed by atoms with Gasteiger partial charge in [0.25, 0.3) is 0 Å². The summed E-state index contributed by atoms with van der Waals surface area (Å²) in [6.45, 7) is 3.88. The van der Waals surface area contributed by atoms with Gasteiger partial charge in [0.15, 0.2) is 0 Å². The molecule has 1 aromatic heterocycles. The molecule has 1 heterocycles. The Morgan fingerprint density at radius 2 is 1.81 bits per heavy atom. The van der Waals surface area contributed by atoms with Gasteiger partial charge >= 0.3 is 0 Å². The number of amides is 1. The van der Waals surface area contributed by atoms with E-state index in [4.69, 9.17) is 9.15 Å². The van der Waals surface area contributed by atoms with Gasteiger partial charge in [-0.25, -0.2) is 0 Å². The maximum absolute atomic E-state index is 12.7. The molecule has 4 aromatic rings. The van der Waals surface area contributed by atoms with Crippen LogP contribution in [0.4, 0.5) is 0 Å². The Balaban J connectivity index is 1.66. The molecule has 0 fully saturated rings. The minimum Gasteiger partial charge on any atom is -0.496 e. The predicted molar refractivity (Wildman–Crippen MR) is 133 cm³/mol. The van der Waals surface area contributed by atoms with E-state index in [0.717, 1.165) is 43.3 Å². The van der Waals surface area contributed by atoms with E-state index in [-0.39, 0.29) is 11.9 Å². The van der Waals surface area contributed by atoms with Gasteiger partial charge in [0.05, 0.1) is 19.4 Å². The molecule has 4 rings (SSSR count). The van der Waals surface area contributed by atoms with Crippen molar-refractivity contribution in [2.24, 2.45) is 0 Å². The van der Waals surface area contributed by atoms with Gasteiger partial charge in [-0.3, -0.25) is 4.79 Å². The predicted octanol–water partition coefficient (Wildman–Crippen LogP) is 7.15. The van der Waals surface area contributed by atoms with Crippen LogP contribution in [-0.4, -0.2) is 13.0 Å². The molecule has 0 radical (unpaired) electrons. The van der Waals surface area contributed by atoms with Crippen LogP contribution in [0.5, 0.6) is 5.75 Å². The molecule has 4 nitrogen and oxygen atoms in total. The van der Waals surface area contributed by atoms with Crippen molar-refractivity contribution in [2.75, 3.05) is 7.11 Å². The first-order chi connectivity index (χ1) is 15.5. The van der Waals surface area contributed by atoms with Crippen molar-refractivity contribution >= 4 is 38.4 Å². The first-order valence-corrected chi connectivity index (χ1v) is 11.1. The van der Waals surface area contributed by atoms with E-state index < -0.39 is 0 Å². The van der Waals surface area contributed by atoms with Crippen molar-refractivity contribution in [1.29, 1.82) is 0 Å². The summed E-state index contributed by atoms with van der Waals surface area (Å²) in [6.07, 6.45) is 3.37. The van der Waals surface area contributed by atoms with Gasteiger partial charge in [-0.2, -0.15) is 0 Å². The maximum atomic E-state index is 12.7. The zero-order chi connectivity index (χ0) is 22.7. The molecular weight excluding hydrogens is 466 g/mol. The number of carbonyl (C=O) groups excluding carboxylic acids is 1. The summed E-state index contributed by atoms with van der Waals surface area (Å²) in [4.78, 5) is 12.7. The minimum atomic E-state index is -0.152. The monoisotopic (exact) mass is 489 g/mol. The number of halogens is 1. The van der Waals surface area contributed by atoms with Gasteiger partial charge in [-0.05, 0) is 48.7 Å². The second kappa shape index (κ2) is 9.45. The number of hydrogen-bond acceptors (Lipinski definition) is 3. The van der Waals surface area contributed by atoms with E-state index in [0.29, 0.717) is 5.75 Å². The van der Waals surface area contributed by atoms with Crippen LogP contribution >= 0.6 is 15.9 Å². The summed E-state index contributed by atoms with van der Waals surface area (Å²) >= 11 is 3.48. The molecule has 0 saturated carbocycles. The number of hydrogen-bond donors (Lipinski definition) is 1. The molecule has 3 aromatic carbocycles. The highest BCUT2D eigenvalue weighted by molar-refractivity contribution is 9.10. The average Bonchev–Trinajstić information content (AvgIpc) is 3.22. The summed E-state index contributed by atoms with van der Waals surface area (Å²) < 4.78 is 12.4. The molecule has 1 unspecified atom stereocenters. The highest BCUT2D eigenvalue weighted by atomic mass is 79.9. The summed E-state index contributed by atoms with van der Waals surface area (Å²) in [5.74, 6) is 0.508. The molecule has 0 bridgehead atoms. The molecule has 0 saturated heterocycles. The Morgan fingerprint density at radius 1 is 1.09 bits per heavy atom. The normalized spacial score (nSPS) is 12.6. The van der Waals surface area contributed by atoms with Crippen molar-refractivity contribution in [2.45, 2.75) is 19.9 Å². The summed E-state index contributed by atoms with van der Waals surface area (Å²) in [5, 5.41) is 4.00. The van der Waals surface area contributed by atoms with Crippen LogP contribution in [0.15, 0.2) is 88.0 Å². The molecule has 162 valence electrons. The van der Waals surface area contributed by atoms with Gasteiger partial charge in [0, 0.05) is 33.1 Å². The average molecular weight is 490 g/mol. The van der Waals surface area contributed by atoms with Gasteiger partial charge < -0.3 is 14.5 Å². The second-order valence-corrected chi connectivity index (χ2v) is 8.59. The molecule has 1 amide bonds. The van der Waals surface area contributed by atoms with Crippen LogP contribution in [0.3, 0.4) is 0 Å². The van der Waals surface area contributed by atoms with Crippen molar-refractivity contribution in [1.82, 2.24) is 5.32 Å². The lowest BCUT2D eigenvalue weighted by Gasteiger charge is -2.14. The van der Waals surface area contributed by atoms with E-state index >= 15 is 0 Å². The Hall–Kier alpha value is -3.31. The van der Waals surface area contributed by atoms with Crippen LogP contribution < -0.4 is 10.1 Å². The first kappa shape index (κ1) is 21.9. The topological polar surface area (TPSA) is 51.5 Å². The SMILES string of the molecule is COc1cc2occ(-c3ccc(Br)cc3)c2cc1/C(C)=C/C(=O)NC(C)c1ccccc1. The molecule has 0 spiro atoms. The summed E-state index contributed by atoms with van der Waals surface area (Å²) in [7, 11) is 1.62. The van der Waals surface area contributed by atoms with Crippen LogP contribution in [0.2, 0.25) is 0 Å². The van der Waals surface area contributed by atoms with E-state index in [9.17, 15) is 4.79 Å². The van der Waals surface area contributed by atoms with Crippen LogP contribution in [0, 0.1) is 0 Å². The third kappa shape index (κ3) is 4.63. The number of rotatable bonds is 6. The number of allylic oxidation sites excluding steroid dienone is 1. The highest BCUT2D eigenvalue weighted by Crippen LogP contribution is 2.37. The fraction of sp³-hybridized carbons (Fsp3) is 0.148. The highest BCUT2D eigenvalue weighted by Gasteiger charge is 2.15.